The zero-order valence-corrected chi connectivity index (χ0v) is 84.2. The van der Waals surface area contributed by atoms with Crippen LogP contribution in [0.25, 0.3) is 165 Å². The molecule has 24 aromatic rings. The minimum Gasteiger partial charge on any atom is -0.453 e. The van der Waals surface area contributed by atoms with Crippen LogP contribution in [-0.2, 0) is 0 Å². The van der Waals surface area contributed by atoms with Gasteiger partial charge in [-0.15, -0.1) is 0 Å². The lowest BCUT2D eigenvalue weighted by atomic mass is 10.1. The van der Waals surface area contributed by atoms with Gasteiger partial charge in [-0.1, -0.05) is 419 Å². The van der Waals surface area contributed by atoms with E-state index in [0.717, 1.165) is 90.8 Å². The fourth-order valence-corrected chi connectivity index (χ4v) is 21.2. The molecule has 0 saturated heterocycles. The maximum Gasteiger partial charge on any atom is 0.152 e. The zero-order chi connectivity index (χ0) is 97.0. The quantitative estimate of drug-likeness (QED) is 0.176. The molecule has 141 heavy (non-hydrogen) atoms. The van der Waals surface area contributed by atoms with Crippen LogP contribution in [0.4, 0.5) is 0 Å². The topological polar surface area (TPSA) is 66.5 Å². The van der Waals surface area contributed by atoms with Gasteiger partial charge in [0.1, 0.15) is 0 Å². The molecule has 18 aromatic carbocycles. The molecule has 0 N–H and O–H groups in total. The molecule has 0 bridgehead atoms. The summed E-state index contributed by atoms with van der Waals surface area (Å²) in [6.07, 6.45) is 11.7. The van der Waals surface area contributed by atoms with Gasteiger partial charge in [-0.05, 0) is 146 Å². The molecule has 0 atom stereocenters. The van der Waals surface area contributed by atoms with E-state index < -0.39 is 0 Å². The molecule has 0 aliphatic carbocycles. The lowest BCUT2D eigenvalue weighted by molar-refractivity contribution is 0.476. The largest absolute Gasteiger partial charge is 0.453 e. The molecule has 6 aliphatic rings. The molecule has 0 saturated carbocycles. The second kappa shape index (κ2) is 43.4. The average Bonchev–Trinajstić information content (AvgIpc) is 1.60. The molecule has 10 nitrogen and oxygen atoms in total. The lowest BCUT2D eigenvalue weighted by Gasteiger charge is -2.20. The minimum absolute atomic E-state index is 0.911. The van der Waals surface area contributed by atoms with Crippen molar-refractivity contribution in [2.45, 2.75) is 160 Å². The van der Waals surface area contributed by atoms with E-state index in [4.69, 9.17) is 18.9 Å². The van der Waals surface area contributed by atoms with Crippen LogP contribution in [0.1, 0.15) is 141 Å². The summed E-state index contributed by atoms with van der Waals surface area (Å²) in [5.74, 6) is 7.36. The average molecular weight is 1880 g/mol. The molecule has 0 unspecified atom stereocenters. The number of ether oxygens (including phenoxy) is 4. The summed E-state index contributed by atoms with van der Waals surface area (Å²) in [6, 6.07) is 140. The summed E-state index contributed by atoms with van der Waals surface area (Å²) in [4.78, 5) is 5.34. The molecule has 0 amide bonds. The van der Waals surface area contributed by atoms with E-state index in [0.29, 0.717) is 0 Å². The van der Waals surface area contributed by atoms with E-state index in [1.54, 1.807) is 0 Å². The van der Waals surface area contributed by atoms with Crippen LogP contribution >= 0.6 is 23.5 Å². The number of fused-ring (bicyclic) bond motifs is 30. The second-order valence-corrected chi connectivity index (χ2v) is 37.7. The number of rotatable bonds is 3. The lowest BCUT2D eigenvalue weighted by Crippen LogP contribution is -2.03. The van der Waals surface area contributed by atoms with Crippen molar-refractivity contribution in [2.75, 3.05) is 0 Å². The Morgan fingerprint density at radius 3 is 0.532 bits per heavy atom. The first-order chi connectivity index (χ1) is 69.6. The van der Waals surface area contributed by atoms with Gasteiger partial charge >= 0.3 is 0 Å². The molecule has 0 radical (unpaired) electrons. The number of aromatic nitrogens is 6. The van der Waals surface area contributed by atoms with E-state index in [1.807, 2.05) is 96.3 Å². The molecule has 6 aromatic heterocycles. The summed E-state index contributed by atoms with van der Waals surface area (Å²) < 4.78 is 38.3. The Labute approximate surface area is 835 Å². The van der Waals surface area contributed by atoms with Crippen LogP contribution in [0, 0.1) is 0 Å². The Bertz CT molecular complexity index is 7330. The van der Waals surface area contributed by atoms with Crippen molar-refractivity contribution in [2.24, 2.45) is 0 Å². The number of hydrogen-bond donors (Lipinski definition) is 0. The van der Waals surface area contributed by atoms with Crippen LogP contribution in [0.2, 0.25) is 0 Å². The molecular formula is C129H120N6O4S2. The van der Waals surface area contributed by atoms with Gasteiger partial charge in [0.05, 0.1) is 100 Å². The standard InChI is InChI=1S/4C18H11NO.2C18H11NS.3C4H10.3C3H8/c6*1-2-8-14-12(6-1)13-7-5-11-17-18(13)19(14)15-9-3-4-10-16(15)20-17;3*1-3-4-2;3*1-3-2/h6*1-11H;3*3-4H2,1-2H3;3*3H2,1-2H3. The Hall–Kier alpha value is -15.3. The molecule has 0 fully saturated rings. The van der Waals surface area contributed by atoms with Crippen LogP contribution in [0.3, 0.4) is 0 Å². The van der Waals surface area contributed by atoms with Gasteiger partial charge in [0, 0.05) is 84.2 Å². The smallest absolute Gasteiger partial charge is 0.152 e. The summed E-state index contributed by atoms with van der Waals surface area (Å²) in [5.41, 5.74) is 21.8. The molecule has 12 heterocycles. The molecular weight excluding hydrogens is 1760 g/mol. The van der Waals surface area contributed by atoms with E-state index in [9.17, 15) is 0 Å². The van der Waals surface area contributed by atoms with Crippen molar-refractivity contribution in [3.63, 3.8) is 0 Å². The third-order valence-corrected chi connectivity index (χ3v) is 27.6. The summed E-state index contributed by atoms with van der Waals surface area (Å²) >= 11 is 3.74. The maximum atomic E-state index is 6.06. The Morgan fingerprint density at radius 2 is 0.305 bits per heavy atom. The van der Waals surface area contributed by atoms with E-state index >= 15 is 0 Å². The summed E-state index contributed by atoms with van der Waals surface area (Å²) in [7, 11) is 0. The second-order valence-electron chi connectivity index (χ2n) is 35.6. The summed E-state index contributed by atoms with van der Waals surface area (Å²) in [6.45, 7) is 25.8. The highest BCUT2D eigenvalue weighted by molar-refractivity contribution is 8.00. The van der Waals surface area contributed by atoms with Crippen LogP contribution in [0.5, 0.6) is 46.0 Å². The van der Waals surface area contributed by atoms with Gasteiger partial charge in [-0.2, -0.15) is 0 Å². The van der Waals surface area contributed by atoms with Gasteiger partial charge in [-0.3, -0.25) is 0 Å². The maximum absolute atomic E-state index is 6.06. The molecule has 6 aliphatic heterocycles. The Kier molecular flexibility index (Phi) is 29.1. The van der Waals surface area contributed by atoms with Gasteiger partial charge in [0.15, 0.2) is 46.0 Å². The highest BCUT2D eigenvalue weighted by atomic mass is 32.2. The predicted molar refractivity (Wildman–Crippen MR) is 603 cm³/mol. The van der Waals surface area contributed by atoms with Gasteiger partial charge in [0.2, 0.25) is 0 Å². The zero-order valence-electron chi connectivity index (χ0n) is 82.6. The van der Waals surface area contributed by atoms with E-state index in [2.05, 4.69) is 438 Å². The van der Waals surface area contributed by atoms with E-state index in [1.165, 1.54) is 198 Å². The van der Waals surface area contributed by atoms with Crippen LogP contribution < -0.4 is 18.9 Å². The molecule has 30 rings (SSSR count). The van der Waals surface area contributed by atoms with Crippen molar-refractivity contribution < 1.29 is 18.9 Å². The first kappa shape index (κ1) is 94.6. The van der Waals surface area contributed by atoms with Gasteiger partial charge < -0.3 is 46.4 Å². The molecule has 0 spiro atoms. The highest BCUT2D eigenvalue weighted by Gasteiger charge is 2.30. The minimum atomic E-state index is 0.911. The first-order valence-corrected chi connectivity index (χ1v) is 52.0. The number of para-hydroxylation sites is 22. The number of nitrogens with zero attached hydrogens (tertiary/aromatic N) is 6. The molecule has 702 valence electrons. The number of unbranched alkanes of at least 4 members (excludes halogenated alkanes) is 3. The van der Waals surface area contributed by atoms with Crippen molar-refractivity contribution in [1.29, 1.82) is 0 Å². The first-order valence-electron chi connectivity index (χ1n) is 50.4. The fraction of sp³-hybridized carbons (Fsp3) is 0.163. The van der Waals surface area contributed by atoms with Crippen molar-refractivity contribution in [1.82, 2.24) is 27.4 Å². The third kappa shape index (κ3) is 17.9. The SMILES string of the molecule is CCC.CCC.CCC.CCCC.CCCC.CCCC.c1ccc2c(c1)Oc1cccc3c4ccccc4n-2c13.c1ccc2c(c1)Oc1cccc3c4ccccc4n-2c13.c1ccc2c(c1)Oc1cccc3c4ccccc4n-2c13.c1ccc2c(c1)Oc1cccc3c4ccccc4n-2c13.c1ccc2c(c1)Sc1cccc3c4ccccc4n-2c13.c1ccc2c(c1)Sc1cccc3c4ccccc4n-2c13. The van der Waals surface area contributed by atoms with E-state index in [-0.39, 0.29) is 0 Å². The predicted octanol–water partition coefficient (Wildman–Crippen LogP) is 39.7. The summed E-state index contributed by atoms with van der Waals surface area (Å²) in [5, 5.41) is 15.4. The Balaban J connectivity index is 0.000000103. The number of hydrogen-bond acceptors (Lipinski definition) is 6. The highest BCUT2D eigenvalue weighted by Crippen LogP contribution is 2.53. The van der Waals surface area contributed by atoms with Crippen molar-refractivity contribution >= 4 is 154 Å². The Morgan fingerprint density at radius 1 is 0.149 bits per heavy atom. The normalized spacial score (nSPS) is 11.7. The third-order valence-electron chi connectivity index (χ3n) is 25.4. The monoisotopic (exact) mass is 1880 g/mol. The fourth-order valence-electron chi connectivity index (χ4n) is 19.0. The van der Waals surface area contributed by atoms with Gasteiger partial charge in [0.25, 0.3) is 0 Å². The molecule has 12 heteroatoms. The number of benzene rings is 18. The van der Waals surface area contributed by atoms with Crippen molar-refractivity contribution in [3.05, 3.63) is 400 Å². The van der Waals surface area contributed by atoms with Crippen LogP contribution in [0.15, 0.2) is 420 Å². The van der Waals surface area contributed by atoms with Gasteiger partial charge in [-0.25, -0.2) is 0 Å². The van der Waals surface area contributed by atoms with Crippen molar-refractivity contribution in [3.8, 4) is 80.1 Å². The van der Waals surface area contributed by atoms with Crippen LogP contribution in [-0.4, -0.2) is 27.4 Å².